The van der Waals surface area contributed by atoms with Gasteiger partial charge < -0.3 is 14.4 Å². The van der Waals surface area contributed by atoms with Crippen LogP contribution in [0.5, 0.6) is 0 Å². The van der Waals surface area contributed by atoms with E-state index in [1.165, 1.54) is 55.7 Å². The van der Waals surface area contributed by atoms with Crippen LogP contribution in [0.2, 0.25) is 0 Å². The fourth-order valence-corrected chi connectivity index (χ4v) is 9.69. The van der Waals surface area contributed by atoms with Crippen LogP contribution in [0, 0.1) is 26.0 Å². The first-order chi connectivity index (χ1) is 27.5. The first-order valence-electron chi connectivity index (χ1n) is 19.3. The van der Waals surface area contributed by atoms with Crippen molar-refractivity contribution in [3.63, 3.8) is 0 Å². The topological polar surface area (TPSA) is 24.3 Å². The summed E-state index contributed by atoms with van der Waals surface area (Å²) in [7, 11) is 2.16. The predicted molar refractivity (Wildman–Crippen MR) is 230 cm³/mol. The maximum atomic E-state index is 5.05. The summed E-state index contributed by atoms with van der Waals surface area (Å²) >= 11 is 0. The van der Waals surface area contributed by atoms with Crippen molar-refractivity contribution in [2.75, 3.05) is 23.5 Å². The summed E-state index contributed by atoms with van der Waals surface area (Å²) in [4.78, 5) is 9.72. The molecule has 0 unspecified atom stereocenters. The zero-order valence-corrected chi connectivity index (χ0v) is 34.2. The molecule has 11 rings (SSSR count). The number of rotatable bonds is 5. The summed E-state index contributed by atoms with van der Waals surface area (Å²) in [5.41, 5.74) is 16.9. The Morgan fingerprint density at radius 2 is 1.25 bits per heavy atom. The maximum absolute atomic E-state index is 5.05. The van der Waals surface area contributed by atoms with Gasteiger partial charge in [-0.15, -0.1) is 22.6 Å². The second-order valence-electron chi connectivity index (χ2n) is 15.2. The Hall–Kier alpha value is -6.22. The van der Waals surface area contributed by atoms with Gasteiger partial charge in [0.2, 0.25) is 0 Å². The van der Waals surface area contributed by atoms with Gasteiger partial charge in [0.1, 0.15) is 5.82 Å². The van der Waals surface area contributed by atoms with E-state index in [0.717, 1.165) is 51.3 Å². The maximum Gasteiger partial charge on any atom is 2.00 e. The Morgan fingerprint density at radius 3 is 2.02 bits per heavy atom. The largest absolute Gasteiger partial charge is 2.00 e. The molecule has 0 spiro atoms. The van der Waals surface area contributed by atoms with E-state index in [2.05, 4.69) is 205 Å². The van der Waals surface area contributed by atoms with Crippen molar-refractivity contribution in [2.45, 2.75) is 19.3 Å². The smallest absolute Gasteiger partial charge is 0.355 e. The summed E-state index contributed by atoms with van der Waals surface area (Å²) in [6, 6.07) is 65.4. The van der Waals surface area contributed by atoms with Gasteiger partial charge >= 0.3 is 21.1 Å². The van der Waals surface area contributed by atoms with Crippen LogP contribution in [0.25, 0.3) is 49.9 Å². The molecule has 0 bridgehead atoms. The average Bonchev–Trinajstić information content (AvgIpc) is 3.87. The molecule has 7 aromatic carbocycles. The minimum absolute atomic E-state index is 0. The molecule has 2 aliphatic rings. The molecule has 0 saturated carbocycles. The summed E-state index contributed by atoms with van der Waals surface area (Å²) < 4.78 is 2.31. The molecular weight excluding hydrogens is 876 g/mol. The van der Waals surface area contributed by atoms with Gasteiger partial charge in [0.15, 0.2) is 0 Å². The molecular formula is C52H38N4Pt. The van der Waals surface area contributed by atoms with Crippen LogP contribution in [-0.2, 0) is 26.5 Å². The van der Waals surface area contributed by atoms with E-state index in [-0.39, 0.29) is 21.1 Å². The summed E-state index contributed by atoms with van der Waals surface area (Å²) in [5, 5.41) is 2.32. The first kappa shape index (κ1) is 35.2. The van der Waals surface area contributed by atoms with E-state index >= 15 is 0 Å². The molecule has 4 nitrogen and oxygen atoms in total. The van der Waals surface area contributed by atoms with Crippen LogP contribution < -0.4 is 9.80 Å². The number of para-hydroxylation sites is 3. The van der Waals surface area contributed by atoms with Gasteiger partial charge in [0.05, 0.1) is 18.0 Å². The fraction of sp³-hybridized carbons (Fsp3) is 0.0962. The molecule has 0 radical (unpaired) electrons. The van der Waals surface area contributed by atoms with Crippen LogP contribution in [-0.4, -0.2) is 23.3 Å². The second-order valence-corrected chi connectivity index (χ2v) is 15.2. The summed E-state index contributed by atoms with van der Waals surface area (Å²) in [6.07, 6.45) is 1.94. The van der Waals surface area contributed by atoms with Gasteiger partial charge in [-0.2, -0.15) is 36.4 Å². The summed E-state index contributed by atoms with van der Waals surface area (Å²) in [5.74, 6) is 0.872. The number of aromatic nitrogens is 2. The number of fused-ring (bicyclic) bond motifs is 7. The Bertz CT molecular complexity index is 2970. The van der Waals surface area contributed by atoms with Crippen LogP contribution in [0.4, 0.5) is 17.1 Å². The number of pyridine rings is 1. The zero-order chi connectivity index (χ0) is 37.5. The van der Waals surface area contributed by atoms with E-state index in [1.807, 2.05) is 6.20 Å². The van der Waals surface area contributed by atoms with Gasteiger partial charge in [-0.3, -0.25) is 0 Å². The quantitative estimate of drug-likeness (QED) is 0.161. The van der Waals surface area contributed by atoms with Gasteiger partial charge in [-0.1, -0.05) is 108 Å². The van der Waals surface area contributed by atoms with Crippen molar-refractivity contribution in [1.82, 2.24) is 9.55 Å². The second kappa shape index (κ2) is 13.5. The molecule has 5 heteroatoms. The zero-order valence-electron chi connectivity index (χ0n) is 31.9. The van der Waals surface area contributed by atoms with Crippen molar-refractivity contribution in [3.05, 3.63) is 209 Å². The van der Waals surface area contributed by atoms with Gasteiger partial charge in [0.25, 0.3) is 0 Å². The molecule has 2 aromatic heterocycles. The van der Waals surface area contributed by atoms with Crippen LogP contribution >= 0.6 is 0 Å². The molecule has 0 fully saturated rings. The van der Waals surface area contributed by atoms with E-state index in [0.29, 0.717) is 0 Å². The number of benzene rings is 7. The number of nitrogens with zero attached hydrogens (tertiary/aromatic N) is 4. The van der Waals surface area contributed by atoms with E-state index in [4.69, 9.17) is 4.98 Å². The van der Waals surface area contributed by atoms with Gasteiger partial charge in [-0.25, -0.2) is 4.98 Å². The van der Waals surface area contributed by atoms with Gasteiger partial charge in [-0.05, 0) is 94.1 Å². The third kappa shape index (κ3) is 5.13. The molecule has 9 aromatic rings. The van der Waals surface area contributed by atoms with E-state index < -0.39 is 5.41 Å². The van der Waals surface area contributed by atoms with E-state index in [1.54, 1.807) is 0 Å². The van der Waals surface area contributed by atoms with Crippen molar-refractivity contribution in [2.24, 2.45) is 0 Å². The standard InChI is InChI=1S/C52H38N4.Pt/c1-34-14-12-15-35(2)51(34)36-28-29-53-50(30-36)56-46-23-9-6-20-42(46)43-27-26-38(32-49(43)56)52(44-21-7-4-18-40(44)41-19-5-8-22-45(41)52)37-16-13-17-39(31-37)55-33-54(3)47-24-10-11-25-48(47)55;/h4-30H,33H2,1-3H3;/q-2;+2. The number of aryl methyl sites for hydroxylation is 2. The molecule has 1 aliphatic carbocycles. The Morgan fingerprint density at radius 1 is 0.596 bits per heavy atom. The van der Waals surface area contributed by atoms with Crippen molar-refractivity contribution < 1.29 is 21.1 Å². The van der Waals surface area contributed by atoms with E-state index in [9.17, 15) is 0 Å². The average molecular weight is 914 g/mol. The van der Waals surface area contributed by atoms with Crippen LogP contribution in [0.3, 0.4) is 0 Å². The molecule has 57 heavy (non-hydrogen) atoms. The number of anilines is 3. The Kier molecular flexibility index (Phi) is 8.32. The molecule has 0 atom stereocenters. The van der Waals surface area contributed by atoms with Crippen molar-refractivity contribution in [1.29, 1.82) is 0 Å². The monoisotopic (exact) mass is 913 g/mol. The first-order valence-corrected chi connectivity index (χ1v) is 19.3. The Balaban J connectivity index is 0.00000396. The van der Waals surface area contributed by atoms with Crippen molar-refractivity contribution in [3.8, 4) is 28.1 Å². The van der Waals surface area contributed by atoms with Crippen molar-refractivity contribution >= 4 is 38.9 Å². The molecule has 276 valence electrons. The number of hydrogen-bond acceptors (Lipinski definition) is 3. The fourth-order valence-electron chi connectivity index (χ4n) is 9.69. The number of hydrogen-bond donors (Lipinski definition) is 0. The van der Waals surface area contributed by atoms with Crippen LogP contribution in [0.1, 0.15) is 33.4 Å². The SMILES string of the molecule is Cc1cccc(C)c1-c1ccnc(-n2c3[c-]c(C4(c5[c-]c(N6CN(C)c7ccccc76)ccc5)c5ccccc5-c5ccccc54)ccc3c3ccccc32)c1.[Pt+2]. The normalized spacial score (nSPS) is 13.7. The third-order valence-corrected chi connectivity index (χ3v) is 12.1. The molecule has 0 saturated heterocycles. The predicted octanol–water partition coefficient (Wildman–Crippen LogP) is 12.0. The third-order valence-electron chi connectivity index (χ3n) is 12.1. The molecule has 0 amide bonds. The molecule has 0 N–H and O–H groups in total. The minimum atomic E-state index is -0.683. The van der Waals surface area contributed by atoms with Gasteiger partial charge in [0, 0.05) is 24.2 Å². The molecule has 1 aliphatic heterocycles. The Labute approximate surface area is 347 Å². The van der Waals surface area contributed by atoms with Crippen LogP contribution in [0.15, 0.2) is 164 Å². The summed E-state index contributed by atoms with van der Waals surface area (Å²) in [6.45, 7) is 5.13. The molecule has 3 heterocycles. The minimum Gasteiger partial charge on any atom is -0.355 e.